The number of amides is 2. The third-order valence-electron chi connectivity index (χ3n) is 4.86. The summed E-state index contributed by atoms with van der Waals surface area (Å²) in [5, 5.41) is 2.51. The van der Waals surface area contributed by atoms with Gasteiger partial charge in [-0.25, -0.2) is 14.8 Å². The first-order valence-electron chi connectivity index (χ1n) is 9.76. The van der Waals surface area contributed by atoms with Gasteiger partial charge in [0.2, 0.25) is 0 Å². The van der Waals surface area contributed by atoms with Gasteiger partial charge >= 0.3 is 6.09 Å². The van der Waals surface area contributed by atoms with Crippen molar-refractivity contribution < 1.29 is 14.3 Å². The fourth-order valence-electron chi connectivity index (χ4n) is 3.30. The third kappa shape index (κ3) is 4.09. The molecule has 0 aliphatic rings. The lowest BCUT2D eigenvalue weighted by atomic mass is 10.2. The zero-order chi connectivity index (χ0) is 21.8. The SMILES string of the molecule is CCN(C(=O)c1ccc2ncc(-c3ccc(NC(=O)OC)nc3)n2c1)c1ccccc1. The second-order valence-corrected chi connectivity index (χ2v) is 6.72. The van der Waals surface area contributed by atoms with E-state index in [0.29, 0.717) is 23.6 Å². The molecule has 31 heavy (non-hydrogen) atoms. The Bertz CT molecular complexity index is 1220. The molecular weight excluding hydrogens is 394 g/mol. The molecule has 0 radical (unpaired) electrons. The van der Waals surface area contributed by atoms with Crippen LogP contribution in [-0.2, 0) is 4.74 Å². The summed E-state index contributed by atoms with van der Waals surface area (Å²) in [7, 11) is 1.29. The van der Waals surface area contributed by atoms with E-state index in [1.54, 1.807) is 35.6 Å². The Morgan fingerprint density at radius 1 is 1.03 bits per heavy atom. The number of fused-ring (bicyclic) bond motifs is 1. The van der Waals surface area contributed by atoms with Crippen molar-refractivity contribution in [2.24, 2.45) is 0 Å². The molecule has 8 heteroatoms. The summed E-state index contributed by atoms with van der Waals surface area (Å²) in [5.41, 5.74) is 3.69. The number of anilines is 2. The number of nitrogens with one attached hydrogen (secondary N) is 1. The normalized spacial score (nSPS) is 10.6. The average molecular weight is 415 g/mol. The molecule has 0 bridgehead atoms. The van der Waals surface area contributed by atoms with Crippen LogP contribution in [0, 0.1) is 0 Å². The fraction of sp³-hybridized carbons (Fsp3) is 0.130. The molecule has 0 aliphatic heterocycles. The molecule has 0 unspecified atom stereocenters. The highest BCUT2D eigenvalue weighted by molar-refractivity contribution is 6.06. The van der Waals surface area contributed by atoms with E-state index in [4.69, 9.17) is 0 Å². The van der Waals surface area contributed by atoms with Crippen molar-refractivity contribution in [3.8, 4) is 11.3 Å². The van der Waals surface area contributed by atoms with Crippen LogP contribution >= 0.6 is 0 Å². The summed E-state index contributed by atoms with van der Waals surface area (Å²) in [5.74, 6) is 0.285. The minimum Gasteiger partial charge on any atom is -0.453 e. The number of imidazole rings is 1. The number of ether oxygens (including phenoxy) is 1. The zero-order valence-electron chi connectivity index (χ0n) is 17.1. The topological polar surface area (TPSA) is 88.8 Å². The minimum absolute atomic E-state index is 0.0917. The maximum absolute atomic E-state index is 13.2. The van der Waals surface area contributed by atoms with Crippen molar-refractivity contribution in [3.05, 3.63) is 78.8 Å². The van der Waals surface area contributed by atoms with E-state index >= 15 is 0 Å². The monoisotopic (exact) mass is 415 g/mol. The number of aromatic nitrogens is 3. The van der Waals surface area contributed by atoms with Crippen LogP contribution in [0.15, 0.2) is 73.2 Å². The predicted molar refractivity (Wildman–Crippen MR) is 118 cm³/mol. The van der Waals surface area contributed by atoms with Crippen molar-refractivity contribution >= 4 is 29.2 Å². The standard InChI is InChI=1S/C23H21N5O3/c1-3-27(18-7-5-4-6-8-18)22(29)17-10-12-21-25-14-19(28(21)15-17)16-9-11-20(24-13-16)26-23(30)31-2/h4-15H,3H2,1-2H3,(H,24,26,30). The molecular formula is C23H21N5O3. The van der Waals surface area contributed by atoms with E-state index in [2.05, 4.69) is 20.0 Å². The fourth-order valence-corrected chi connectivity index (χ4v) is 3.30. The zero-order valence-corrected chi connectivity index (χ0v) is 17.1. The Kier molecular flexibility index (Phi) is 5.61. The number of carbonyl (C=O) groups excluding carboxylic acids is 2. The van der Waals surface area contributed by atoms with Gasteiger partial charge in [0.1, 0.15) is 11.5 Å². The Morgan fingerprint density at radius 3 is 2.52 bits per heavy atom. The molecule has 4 rings (SSSR count). The molecule has 156 valence electrons. The maximum atomic E-state index is 13.2. The van der Waals surface area contributed by atoms with Gasteiger partial charge in [-0.2, -0.15) is 0 Å². The van der Waals surface area contributed by atoms with Gasteiger partial charge in [-0.15, -0.1) is 0 Å². The quantitative estimate of drug-likeness (QED) is 0.527. The van der Waals surface area contributed by atoms with Crippen molar-refractivity contribution in [3.63, 3.8) is 0 Å². The van der Waals surface area contributed by atoms with Gasteiger partial charge in [-0.1, -0.05) is 18.2 Å². The van der Waals surface area contributed by atoms with Crippen molar-refractivity contribution in [2.75, 3.05) is 23.9 Å². The molecule has 0 aliphatic carbocycles. The number of pyridine rings is 2. The van der Waals surface area contributed by atoms with Crippen LogP contribution in [0.3, 0.4) is 0 Å². The Hall–Kier alpha value is -4.20. The molecule has 1 N–H and O–H groups in total. The van der Waals surface area contributed by atoms with Crippen LogP contribution in [0.4, 0.5) is 16.3 Å². The molecule has 0 spiro atoms. The lowest BCUT2D eigenvalue weighted by Gasteiger charge is -2.21. The van der Waals surface area contributed by atoms with Gasteiger partial charge < -0.3 is 9.64 Å². The highest BCUT2D eigenvalue weighted by atomic mass is 16.5. The van der Waals surface area contributed by atoms with E-state index < -0.39 is 6.09 Å². The van der Waals surface area contributed by atoms with Crippen molar-refractivity contribution in [1.82, 2.24) is 14.4 Å². The molecule has 4 aromatic rings. The molecule has 1 aromatic carbocycles. The van der Waals surface area contributed by atoms with Gasteiger partial charge in [-0.3, -0.25) is 14.5 Å². The summed E-state index contributed by atoms with van der Waals surface area (Å²) in [6.07, 6.45) is 4.55. The number of methoxy groups -OCH3 is 1. The van der Waals surface area contributed by atoms with Crippen LogP contribution in [0.2, 0.25) is 0 Å². The average Bonchev–Trinajstić information content (AvgIpc) is 3.24. The van der Waals surface area contributed by atoms with Crippen LogP contribution in [0.1, 0.15) is 17.3 Å². The first-order valence-corrected chi connectivity index (χ1v) is 9.76. The number of rotatable bonds is 5. The van der Waals surface area contributed by atoms with Gasteiger partial charge in [-0.05, 0) is 43.3 Å². The van der Waals surface area contributed by atoms with Crippen LogP contribution in [0.5, 0.6) is 0 Å². The number of hydrogen-bond acceptors (Lipinski definition) is 5. The van der Waals surface area contributed by atoms with Gasteiger partial charge in [0.15, 0.2) is 0 Å². The first-order chi connectivity index (χ1) is 15.1. The van der Waals surface area contributed by atoms with E-state index in [1.165, 1.54) is 7.11 Å². The van der Waals surface area contributed by atoms with Gasteiger partial charge in [0.25, 0.3) is 5.91 Å². The first kappa shape index (κ1) is 20.1. The molecule has 0 saturated heterocycles. The maximum Gasteiger partial charge on any atom is 0.412 e. The number of hydrogen-bond donors (Lipinski definition) is 1. The highest BCUT2D eigenvalue weighted by Crippen LogP contribution is 2.23. The van der Waals surface area contributed by atoms with Crippen molar-refractivity contribution in [2.45, 2.75) is 6.92 Å². The number of nitrogens with zero attached hydrogens (tertiary/aromatic N) is 4. The summed E-state index contributed by atoms with van der Waals surface area (Å²) in [6.45, 7) is 2.50. The van der Waals surface area contributed by atoms with Crippen molar-refractivity contribution in [1.29, 1.82) is 0 Å². The molecule has 0 fully saturated rings. The highest BCUT2D eigenvalue weighted by Gasteiger charge is 2.17. The summed E-state index contributed by atoms with van der Waals surface area (Å²) in [4.78, 5) is 34.9. The van der Waals surface area contributed by atoms with E-state index in [-0.39, 0.29) is 5.91 Å². The largest absolute Gasteiger partial charge is 0.453 e. The van der Waals surface area contributed by atoms with Gasteiger partial charge in [0, 0.05) is 30.2 Å². The smallest absolute Gasteiger partial charge is 0.412 e. The van der Waals surface area contributed by atoms with Crippen LogP contribution < -0.4 is 10.2 Å². The molecule has 8 nitrogen and oxygen atoms in total. The minimum atomic E-state index is -0.586. The second kappa shape index (κ2) is 8.66. The number of carbonyl (C=O) groups is 2. The Balaban J connectivity index is 1.66. The summed E-state index contributed by atoms with van der Waals surface area (Å²) < 4.78 is 6.43. The Labute approximate surface area is 179 Å². The van der Waals surface area contributed by atoms with Crippen LogP contribution in [0.25, 0.3) is 16.9 Å². The predicted octanol–water partition coefficient (Wildman–Crippen LogP) is 4.24. The van der Waals surface area contributed by atoms with Gasteiger partial charge in [0.05, 0.1) is 24.6 Å². The Morgan fingerprint density at radius 2 is 1.84 bits per heavy atom. The molecule has 2 amide bonds. The van der Waals surface area contributed by atoms with E-state index in [1.807, 2.05) is 53.8 Å². The lowest BCUT2D eigenvalue weighted by molar-refractivity contribution is 0.0988. The number of benzene rings is 1. The third-order valence-corrected chi connectivity index (χ3v) is 4.86. The van der Waals surface area contributed by atoms with E-state index in [9.17, 15) is 9.59 Å². The molecule has 3 aromatic heterocycles. The van der Waals surface area contributed by atoms with Crippen LogP contribution in [-0.4, -0.2) is 40.0 Å². The summed E-state index contributed by atoms with van der Waals surface area (Å²) >= 11 is 0. The number of para-hydroxylation sites is 1. The molecule has 0 atom stereocenters. The molecule has 3 heterocycles. The summed E-state index contributed by atoms with van der Waals surface area (Å²) in [6, 6.07) is 16.7. The van der Waals surface area contributed by atoms with E-state index in [0.717, 1.165) is 16.9 Å². The second-order valence-electron chi connectivity index (χ2n) is 6.72. The molecule has 0 saturated carbocycles. The lowest BCUT2D eigenvalue weighted by Crippen LogP contribution is -2.30.